The third kappa shape index (κ3) is 1.97. The van der Waals surface area contributed by atoms with Crippen LogP contribution < -0.4 is 0 Å². The smallest absolute Gasteiger partial charge is 0.258 e. The Bertz CT molecular complexity index is 688. The quantitative estimate of drug-likeness (QED) is 0.617. The molecule has 0 bridgehead atoms. The van der Waals surface area contributed by atoms with Gasteiger partial charge in [-0.15, -0.1) is 0 Å². The zero-order valence-electron chi connectivity index (χ0n) is 9.35. The van der Waals surface area contributed by atoms with Crippen molar-refractivity contribution in [3.63, 3.8) is 0 Å². The SMILES string of the molecule is Cc1nccn1S(=O)(=O)c1ccc([N+](=O)[O-])cc1. The van der Waals surface area contributed by atoms with E-state index in [-0.39, 0.29) is 10.6 Å². The molecule has 0 amide bonds. The Kier molecular flexibility index (Phi) is 2.87. The van der Waals surface area contributed by atoms with Gasteiger partial charge in [0, 0.05) is 24.5 Å². The molecule has 1 aromatic heterocycles. The average Bonchev–Trinajstić information content (AvgIpc) is 2.76. The number of non-ortho nitro benzene ring substituents is 1. The third-order valence-corrected chi connectivity index (χ3v) is 4.16. The lowest BCUT2D eigenvalue weighted by Crippen LogP contribution is -2.13. The monoisotopic (exact) mass is 267 g/mol. The normalized spacial score (nSPS) is 11.4. The van der Waals surface area contributed by atoms with Crippen LogP contribution >= 0.6 is 0 Å². The van der Waals surface area contributed by atoms with Gasteiger partial charge < -0.3 is 0 Å². The maximum absolute atomic E-state index is 12.2. The van der Waals surface area contributed by atoms with Crippen molar-refractivity contribution in [3.8, 4) is 0 Å². The molecule has 7 nitrogen and oxygen atoms in total. The van der Waals surface area contributed by atoms with Crippen LogP contribution in [0.25, 0.3) is 0 Å². The molecule has 2 rings (SSSR count). The minimum Gasteiger partial charge on any atom is -0.258 e. The van der Waals surface area contributed by atoms with E-state index >= 15 is 0 Å². The number of nitro groups is 1. The maximum atomic E-state index is 12.2. The number of benzene rings is 1. The molecular weight excluding hydrogens is 258 g/mol. The van der Waals surface area contributed by atoms with E-state index in [1.165, 1.54) is 24.5 Å². The fourth-order valence-electron chi connectivity index (χ4n) is 1.47. The second-order valence-electron chi connectivity index (χ2n) is 3.53. The molecule has 0 N–H and O–H groups in total. The van der Waals surface area contributed by atoms with Crippen LogP contribution in [-0.2, 0) is 10.0 Å². The number of aryl methyl sites for hydroxylation is 1. The highest BCUT2D eigenvalue weighted by Gasteiger charge is 2.19. The van der Waals surface area contributed by atoms with Gasteiger partial charge in [-0.05, 0) is 19.1 Å². The highest BCUT2D eigenvalue weighted by atomic mass is 32.2. The first-order chi connectivity index (χ1) is 8.43. The van der Waals surface area contributed by atoms with Gasteiger partial charge in [0.15, 0.2) is 0 Å². The molecule has 1 heterocycles. The standard InChI is InChI=1S/C10H9N3O4S/c1-8-11-6-7-12(8)18(16,17)10-4-2-9(3-5-10)13(14)15/h2-7H,1H3. The molecule has 0 aliphatic heterocycles. The molecule has 1 aromatic carbocycles. The molecule has 2 aromatic rings. The predicted octanol–water partition coefficient (Wildman–Crippen LogP) is 1.34. The lowest BCUT2D eigenvalue weighted by Gasteiger charge is -2.06. The zero-order chi connectivity index (χ0) is 13.3. The van der Waals surface area contributed by atoms with Crippen LogP contribution in [0.15, 0.2) is 41.6 Å². The Morgan fingerprint density at radius 3 is 2.33 bits per heavy atom. The van der Waals surface area contributed by atoms with Gasteiger partial charge in [-0.25, -0.2) is 17.4 Å². The number of aromatic nitrogens is 2. The van der Waals surface area contributed by atoms with Gasteiger partial charge >= 0.3 is 0 Å². The average molecular weight is 267 g/mol. The van der Waals surface area contributed by atoms with Crippen LogP contribution in [0.1, 0.15) is 5.82 Å². The molecule has 8 heteroatoms. The van der Waals surface area contributed by atoms with Gasteiger partial charge in [0.25, 0.3) is 15.7 Å². The van der Waals surface area contributed by atoms with E-state index in [2.05, 4.69) is 4.98 Å². The van der Waals surface area contributed by atoms with Crippen LogP contribution in [0.3, 0.4) is 0 Å². The minimum atomic E-state index is -3.74. The summed E-state index contributed by atoms with van der Waals surface area (Å²) in [7, 11) is -3.74. The van der Waals surface area contributed by atoms with E-state index in [1.807, 2.05) is 0 Å². The Morgan fingerprint density at radius 1 is 1.28 bits per heavy atom. The first-order valence-corrected chi connectivity index (χ1v) is 6.37. The van der Waals surface area contributed by atoms with Crippen LogP contribution in [0, 0.1) is 17.0 Å². The molecule has 0 unspecified atom stereocenters. The summed E-state index contributed by atoms with van der Waals surface area (Å²) in [6, 6.07) is 4.71. The fraction of sp³-hybridized carbons (Fsp3) is 0.100. The van der Waals surface area contributed by atoms with Gasteiger partial charge in [0.05, 0.1) is 9.82 Å². The van der Waals surface area contributed by atoms with Crippen molar-refractivity contribution in [2.45, 2.75) is 11.8 Å². The lowest BCUT2D eigenvalue weighted by molar-refractivity contribution is -0.384. The van der Waals surface area contributed by atoms with E-state index in [1.54, 1.807) is 6.92 Å². The maximum Gasteiger partial charge on any atom is 0.269 e. The van der Waals surface area contributed by atoms with Gasteiger partial charge in [-0.1, -0.05) is 0 Å². The molecular formula is C10H9N3O4S. The molecule has 0 aliphatic rings. The van der Waals surface area contributed by atoms with Crippen molar-refractivity contribution in [1.29, 1.82) is 0 Å². The second-order valence-corrected chi connectivity index (χ2v) is 5.34. The summed E-state index contributed by atoms with van der Waals surface area (Å²) in [6.07, 6.45) is 2.70. The van der Waals surface area contributed by atoms with Gasteiger partial charge in [-0.3, -0.25) is 10.1 Å². The number of imidazole rings is 1. The van der Waals surface area contributed by atoms with Gasteiger partial charge in [0.1, 0.15) is 5.82 Å². The van der Waals surface area contributed by atoms with Crippen molar-refractivity contribution in [2.24, 2.45) is 0 Å². The summed E-state index contributed by atoms with van der Waals surface area (Å²) in [5.41, 5.74) is -0.156. The molecule has 94 valence electrons. The molecule has 0 radical (unpaired) electrons. The largest absolute Gasteiger partial charge is 0.269 e. The Labute approximate surface area is 103 Å². The summed E-state index contributed by atoms with van der Waals surface area (Å²) in [6.45, 7) is 1.56. The number of nitrogens with zero attached hydrogens (tertiary/aromatic N) is 3. The fourth-order valence-corrected chi connectivity index (χ4v) is 2.79. The number of hydrogen-bond acceptors (Lipinski definition) is 5. The Morgan fingerprint density at radius 2 is 1.89 bits per heavy atom. The van der Waals surface area contributed by atoms with Crippen LogP contribution in [0.5, 0.6) is 0 Å². The molecule has 0 aliphatic carbocycles. The predicted molar refractivity (Wildman–Crippen MR) is 62.6 cm³/mol. The third-order valence-electron chi connectivity index (χ3n) is 2.39. The van der Waals surface area contributed by atoms with E-state index in [4.69, 9.17) is 0 Å². The first-order valence-electron chi connectivity index (χ1n) is 4.93. The molecule has 0 atom stereocenters. The summed E-state index contributed by atoms with van der Waals surface area (Å²) >= 11 is 0. The van der Waals surface area contributed by atoms with E-state index in [0.717, 1.165) is 16.1 Å². The Balaban J connectivity index is 2.49. The van der Waals surface area contributed by atoms with Crippen LogP contribution in [-0.4, -0.2) is 22.3 Å². The molecule has 0 spiro atoms. The van der Waals surface area contributed by atoms with E-state index < -0.39 is 14.9 Å². The van der Waals surface area contributed by atoms with Gasteiger partial charge in [-0.2, -0.15) is 0 Å². The van der Waals surface area contributed by atoms with E-state index in [9.17, 15) is 18.5 Å². The zero-order valence-corrected chi connectivity index (χ0v) is 10.2. The Hall–Kier alpha value is -2.22. The van der Waals surface area contributed by atoms with E-state index in [0.29, 0.717) is 5.82 Å². The topological polar surface area (TPSA) is 95.1 Å². The highest BCUT2D eigenvalue weighted by molar-refractivity contribution is 7.90. The summed E-state index contributed by atoms with van der Waals surface area (Å²) in [4.78, 5) is 13.7. The van der Waals surface area contributed by atoms with Crippen LogP contribution in [0.4, 0.5) is 5.69 Å². The van der Waals surface area contributed by atoms with Crippen molar-refractivity contribution in [2.75, 3.05) is 0 Å². The molecule has 0 fully saturated rings. The summed E-state index contributed by atoms with van der Waals surface area (Å²) in [5, 5.41) is 10.5. The van der Waals surface area contributed by atoms with Crippen molar-refractivity contribution in [3.05, 3.63) is 52.6 Å². The van der Waals surface area contributed by atoms with Crippen LogP contribution in [0.2, 0.25) is 0 Å². The molecule has 0 saturated heterocycles. The molecule has 0 saturated carbocycles. The number of hydrogen-bond donors (Lipinski definition) is 0. The molecule has 18 heavy (non-hydrogen) atoms. The van der Waals surface area contributed by atoms with Gasteiger partial charge in [0.2, 0.25) is 0 Å². The van der Waals surface area contributed by atoms with Crippen molar-refractivity contribution >= 4 is 15.7 Å². The number of nitro benzene ring substituents is 1. The highest BCUT2D eigenvalue weighted by Crippen LogP contribution is 2.18. The second kappa shape index (κ2) is 4.22. The van der Waals surface area contributed by atoms with Crippen molar-refractivity contribution < 1.29 is 13.3 Å². The summed E-state index contributed by atoms with van der Waals surface area (Å²) < 4.78 is 25.3. The van der Waals surface area contributed by atoms with Crippen molar-refractivity contribution in [1.82, 2.24) is 8.96 Å². The summed E-state index contributed by atoms with van der Waals surface area (Å²) in [5.74, 6) is 0.327. The lowest BCUT2D eigenvalue weighted by atomic mass is 10.3. The number of rotatable bonds is 3. The first kappa shape index (κ1) is 12.2. The minimum absolute atomic E-state index is 0.0193.